The van der Waals surface area contributed by atoms with Crippen molar-refractivity contribution in [1.82, 2.24) is 14.5 Å². The number of pyridine rings is 1. The van der Waals surface area contributed by atoms with Crippen LogP contribution >= 0.6 is 11.6 Å². The third-order valence-electron chi connectivity index (χ3n) is 4.08. The lowest BCUT2D eigenvalue weighted by Crippen LogP contribution is -2.10. The first-order chi connectivity index (χ1) is 11.6. The standard InChI is InChI=1S/C17H17ClFN3O2/c1-2-12(7-8-23)22-15-14(10-3-5-11(19)6-4-10)13(18)9-20-16(15)21-17(22)24/h3-6,9,12,23H,2,7-8H2,1H3,(H,20,21,24)/t12-/m1/s1. The van der Waals surface area contributed by atoms with Crippen LogP contribution in [0.15, 0.2) is 30.5 Å². The van der Waals surface area contributed by atoms with Gasteiger partial charge in [0.2, 0.25) is 0 Å². The molecular weight excluding hydrogens is 333 g/mol. The van der Waals surface area contributed by atoms with Crippen LogP contribution in [0.25, 0.3) is 22.3 Å². The first-order valence-electron chi connectivity index (χ1n) is 7.69. The van der Waals surface area contributed by atoms with Gasteiger partial charge in [0.1, 0.15) is 11.3 Å². The van der Waals surface area contributed by atoms with E-state index in [4.69, 9.17) is 11.6 Å². The molecule has 0 amide bonds. The number of nitrogens with zero attached hydrogens (tertiary/aromatic N) is 3. The largest absolute Gasteiger partial charge is 0.480 e. The predicted octanol–water partition coefficient (Wildman–Crippen LogP) is 3.93. The van der Waals surface area contributed by atoms with E-state index in [2.05, 4.69) is 9.97 Å². The Morgan fingerprint density at radius 2 is 2.00 bits per heavy atom. The number of fused-ring (bicyclic) bond motifs is 1. The van der Waals surface area contributed by atoms with E-state index in [-0.39, 0.29) is 24.5 Å². The molecule has 0 saturated carbocycles. The summed E-state index contributed by atoms with van der Waals surface area (Å²) in [5.74, 6) is -0.344. The highest BCUT2D eigenvalue weighted by Gasteiger charge is 2.23. The van der Waals surface area contributed by atoms with Crippen LogP contribution in [-0.2, 0) is 0 Å². The normalized spacial score (nSPS) is 12.7. The van der Waals surface area contributed by atoms with Crippen molar-refractivity contribution >= 4 is 22.8 Å². The number of aliphatic hydroxyl groups excluding tert-OH is 1. The van der Waals surface area contributed by atoms with Gasteiger partial charge in [-0.1, -0.05) is 30.7 Å². The highest BCUT2D eigenvalue weighted by atomic mass is 35.5. The maximum Gasteiger partial charge on any atom is 0.296 e. The Kier molecular flexibility index (Phi) is 4.69. The molecule has 0 unspecified atom stereocenters. The molecule has 24 heavy (non-hydrogen) atoms. The number of hydrogen-bond acceptors (Lipinski definition) is 4. The zero-order chi connectivity index (χ0) is 17.3. The SMILES string of the molecule is CC[C@H](CCO)n1c(O)nc2ncc(Cl)c(-c3ccc(F)cc3)c21. The van der Waals surface area contributed by atoms with Crippen LogP contribution in [0.4, 0.5) is 4.39 Å². The summed E-state index contributed by atoms with van der Waals surface area (Å²) in [5.41, 5.74) is 2.26. The van der Waals surface area contributed by atoms with Gasteiger partial charge in [0.05, 0.1) is 5.02 Å². The monoisotopic (exact) mass is 349 g/mol. The number of aromatic nitrogens is 3. The average molecular weight is 350 g/mol. The Morgan fingerprint density at radius 1 is 1.29 bits per heavy atom. The lowest BCUT2D eigenvalue weighted by atomic mass is 10.0. The van der Waals surface area contributed by atoms with Crippen molar-refractivity contribution in [2.75, 3.05) is 6.61 Å². The molecule has 0 aliphatic rings. The summed E-state index contributed by atoms with van der Waals surface area (Å²) in [6.45, 7) is 1.94. The Bertz CT molecular complexity index is 864. The molecule has 0 radical (unpaired) electrons. The number of imidazole rings is 1. The van der Waals surface area contributed by atoms with Crippen LogP contribution in [0.1, 0.15) is 25.8 Å². The summed E-state index contributed by atoms with van der Waals surface area (Å²) < 4.78 is 14.9. The molecule has 0 fully saturated rings. The lowest BCUT2D eigenvalue weighted by Gasteiger charge is -2.19. The molecule has 3 aromatic rings. The van der Waals surface area contributed by atoms with Crippen molar-refractivity contribution in [3.63, 3.8) is 0 Å². The van der Waals surface area contributed by atoms with Gasteiger partial charge in [-0.25, -0.2) is 9.37 Å². The van der Waals surface area contributed by atoms with Crippen molar-refractivity contribution in [2.24, 2.45) is 0 Å². The van der Waals surface area contributed by atoms with Crippen LogP contribution in [-0.4, -0.2) is 31.4 Å². The second-order valence-corrected chi connectivity index (χ2v) is 5.92. The minimum atomic E-state index is -0.344. The van der Waals surface area contributed by atoms with Gasteiger partial charge in [-0.15, -0.1) is 0 Å². The van der Waals surface area contributed by atoms with Gasteiger partial charge in [0.25, 0.3) is 6.01 Å². The fraction of sp³-hybridized carbons (Fsp3) is 0.294. The van der Waals surface area contributed by atoms with Gasteiger partial charge >= 0.3 is 0 Å². The molecule has 2 aromatic heterocycles. The third-order valence-corrected chi connectivity index (χ3v) is 4.37. The van der Waals surface area contributed by atoms with Crippen molar-refractivity contribution in [1.29, 1.82) is 0 Å². The van der Waals surface area contributed by atoms with E-state index >= 15 is 0 Å². The Balaban J connectivity index is 2.32. The van der Waals surface area contributed by atoms with E-state index in [1.165, 1.54) is 18.3 Å². The van der Waals surface area contributed by atoms with Crippen molar-refractivity contribution in [3.05, 3.63) is 41.3 Å². The van der Waals surface area contributed by atoms with Crippen LogP contribution in [0.3, 0.4) is 0 Å². The number of aliphatic hydroxyl groups is 1. The van der Waals surface area contributed by atoms with E-state index in [1.54, 1.807) is 16.7 Å². The molecule has 2 heterocycles. The summed E-state index contributed by atoms with van der Waals surface area (Å²) in [6.07, 6.45) is 2.62. The summed E-state index contributed by atoms with van der Waals surface area (Å²) in [4.78, 5) is 8.28. The highest BCUT2D eigenvalue weighted by molar-refractivity contribution is 6.34. The second kappa shape index (κ2) is 6.75. The molecule has 1 atom stereocenters. The first-order valence-corrected chi connectivity index (χ1v) is 8.06. The van der Waals surface area contributed by atoms with Crippen LogP contribution in [0.5, 0.6) is 6.01 Å². The third kappa shape index (κ3) is 2.83. The van der Waals surface area contributed by atoms with E-state index in [0.717, 1.165) is 0 Å². The summed E-state index contributed by atoms with van der Waals surface area (Å²) in [5, 5.41) is 20.0. The summed E-state index contributed by atoms with van der Waals surface area (Å²) in [6, 6.07) is 5.62. The summed E-state index contributed by atoms with van der Waals surface area (Å²) in [7, 11) is 0. The van der Waals surface area contributed by atoms with Gasteiger partial charge in [-0.2, -0.15) is 4.98 Å². The van der Waals surface area contributed by atoms with Crippen LogP contribution in [0, 0.1) is 5.82 Å². The first kappa shape index (κ1) is 16.7. The van der Waals surface area contributed by atoms with Gasteiger partial charge in [-0.3, -0.25) is 4.57 Å². The number of hydrogen-bond donors (Lipinski definition) is 2. The maximum atomic E-state index is 13.3. The van der Waals surface area contributed by atoms with Crippen LogP contribution in [0.2, 0.25) is 5.02 Å². The van der Waals surface area contributed by atoms with E-state index < -0.39 is 0 Å². The smallest absolute Gasteiger partial charge is 0.296 e. The van der Waals surface area contributed by atoms with Crippen molar-refractivity contribution in [3.8, 4) is 17.1 Å². The molecule has 0 spiro atoms. The minimum Gasteiger partial charge on any atom is -0.480 e. The fourth-order valence-electron chi connectivity index (χ4n) is 2.93. The average Bonchev–Trinajstić information content (AvgIpc) is 2.90. The van der Waals surface area contributed by atoms with E-state index in [9.17, 15) is 14.6 Å². The predicted molar refractivity (Wildman–Crippen MR) is 90.6 cm³/mol. The van der Waals surface area contributed by atoms with Crippen molar-refractivity contribution in [2.45, 2.75) is 25.8 Å². The van der Waals surface area contributed by atoms with Crippen molar-refractivity contribution < 1.29 is 14.6 Å². The van der Waals surface area contributed by atoms with Gasteiger partial charge in [-0.05, 0) is 30.5 Å². The topological polar surface area (TPSA) is 71.2 Å². The zero-order valence-electron chi connectivity index (χ0n) is 13.1. The Morgan fingerprint density at radius 3 is 2.62 bits per heavy atom. The van der Waals surface area contributed by atoms with Gasteiger partial charge < -0.3 is 10.2 Å². The molecular formula is C17H17ClFN3O2. The van der Waals surface area contributed by atoms with Crippen LogP contribution < -0.4 is 0 Å². The molecule has 0 aliphatic carbocycles. The highest BCUT2D eigenvalue weighted by Crippen LogP contribution is 2.38. The molecule has 0 saturated heterocycles. The molecule has 126 valence electrons. The Labute approximate surface area is 143 Å². The molecule has 5 nitrogen and oxygen atoms in total. The maximum absolute atomic E-state index is 13.3. The number of rotatable bonds is 5. The number of aromatic hydroxyl groups is 1. The molecule has 2 N–H and O–H groups in total. The quantitative estimate of drug-likeness (QED) is 0.732. The molecule has 0 aliphatic heterocycles. The van der Waals surface area contributed by atoms with E-state index in [0.29, 0.717) is 40.2 Å². The minimum absolute atomic E-state index is 0.0164. The Hall–Kier alpha value is -2.18. The zero-order valence-corrected chi connectivity index (χ0v) is 13.8. The number of halogens is 2. The molecule has 0 bridgehead atoms. The molecule has 3 rings (SSSR count). The molecule has 1 aromatic carbocycles. The number of benzene rings is 1. The molecule has 7 heteroatoms. The lowest BCUT2D eigenvalue weighted by molar-refractivity contribution is 0.248. The van der Waals surface area contributed by atoms with Gasteiger partial charge in [0.15, 0.2) is 5.65 Å². The van der Waals surface area contributed by atoms with Gasteiger partial charge in [0, 0.05) is 24.4 Å². The second-order valence-electron chi connectivity index (χ2n) is 5.52. The summed E-state index contributed by atoms with van der Waals surface area (Å²) >= 11 is 6.36. The fourth-order valence-corrected chi connectivity index (χ4v) is 3.18. The van der Waals surface area contributed by atoms with E-state index in [1.807, 2.05) is 6.92 Å².